The highest BCUT2D eigenvalue weighted by Crippen LogP contribution is 2.42. The first kappa shape index (κ1) is 19.4. The number of thioether (sulfide) groups is 1. The number of amides is 2. The zero-order valence-electron chi connectivity index (χ0n) is 15.6. The van der Waals surface area contributed by atoms with Gasteiger partial charge in [-0.15, -0.1) is 5.10 Å². The van der Waals surface area contributed by atoms with Crippen LogP contribution in [0.3, 0.4) is 0 Å². The van der Waals surface area contributed by atoms with Gasteiger partial charge in [0, 0.05) is 20.2 Å². The maximum absolute atomic E-state index is 10.9. The summed E-state index contributed by atoms with van der Waals surface area (Å²) in [5.74, 6) is 2.64. The minimum Gasteiger partial charge on any atom is -0.379 e. The van der Waals surface area contributed by atoms with Gasteiger partial charge in [0.15, 0.2) is 0 Å². The Morgan fingerprint density at radius 3 is 2.88 bits per heavy atom. The molecule has 4 atom stereocenters. The molecule has 3 rings (SSSR count). The van der Waals surface area contributed by atoms with Crippen molar-refractivity contribution in [1.29, 1.82) is 0 Å². The van der Waals surface area contributed by atoms with E-state index in [2.05, 4.69) is 26.8 Å². The van der Waals surface area contributed by atoms with E-state index in [0.717, 1.165) is 12.8 Å². The summed E-state index contributed by atoms with van der Waals surface area (Å²) < 4.78 is 7.72. The van der Waals surface area contributed by atoms with Crippen LogP contribution < -0.4 is 11.1 Å². The maximum atomic E-state index is 10.9. The Kier molecular flexibility index (Phi) is 6.77. The number of urea groups is 1. The molecule has 1 saturated heterocycles. The van der Waals surface area contributed by atoms with Gasteiger partial charge in [-0.2, -0.15) is 11.8 Å². The third kappa shape index (κ3) is 4.69. The number of fused-ring (bicyclic) bond motifs is 1. The van der Waals surface area contributed by atoms with Crippen molar-refractivity contribution in [2.75, 3.05) is 38.8 Å². The Balaban J connectivity index is 1.61. The number of aromatic nitrogens is 3. The first-order chi connectivity index (χ1) is 12.6. The lowest BCUT2D eigenvalue weighted by Crippen LogP contribution is -2.37. The second-order valence-corrected chi connectivity index (χ2v) is 8.33. The van der Waals surface area contributed by atoms with Crippen LogP contribution in [0.4, 0.5) is 4.79 Å². The average Bonchev–Trinajstić information content (AvgIpc) is 3.25. The number of likely N-dealkylation sites (tertiary alicyclic amines) is 1. The normalized spacial score (nSPS) is 28.8. The number of hydrogen-bond acceptors (Lipinski definition) is 6. The summed E-state index contributed by atoms with van der Waals surface area (Å²) in [5.41, 5.74) is 5.83. The summed E-state index contributed by atoms with van der Waals surface area (Å²) in [6.07, 6.45) is 7.62. The van der Waals surface area contributed by atoms with Crippen molar-refractivity contribution in [1.82, 2.24) is 25.2 Å². The van der Waals surface area contributed by atoms with E-state index < -0.39 is 6.03 Å². The van der Waals surface area contributed by atoms with Gasteiger partial charge < -0.3 is 20.7 Å². The first-order valence-electron chi connectivity index (χ1n) is 9.28. The van der Waals surface area contributed by atoms with Gasteiger partial charge in [-0.1, -0.05) is 5.21 Å². The zero-order chi connectivity index (χ0) is 18.5. The molecule has 2 fully saturated rings. The van der Waals surface area contributed by atoms with Crippen LogP contribution in [0.5, 0.6) is 0 Å². The van der Waals surface area contributed by atoms with Gasteiger partial charge in [-0.3, -0.25) is 0 Å². The number of carbonyl (C=O) groups excluding carboxylic acids is 1. The SMILES string of the molecule is CO[C@@H]1C[C@H]2CN(CCCSC)C[C@H]2C[C@H]1n1cc(CNC(N)=O)nn1. The van der Waals surface area contributed by atoms with Gasteiger partial charge in [0.1, 0.15) is 5.69 Å². The molecular weight excluding hydrogens is 352 g/mol. The Morgan fingerprint density at radius 1 is 1.42 bits per heavy atom. The molecule has 9 heteroatoms. The predicted molar refractivity (Wildman–Crippen MR) is 102 cm³/mol. The molecule has 1 aromatic heterocycles. The van der Waals surface area contributed by atoms with Crippen LogP contribution in [0, 0.1) is 11.8 Å². The van der Waals surface area contributed by atoms with E-state index in [1.807, 2.05) is 22.6 Å². The lowest BCUT2D eigenvalue weighted by Gasteiger charge is -2.37. The number of nitrogens with one attached hydrogen (secondary N) is 1. The fourth-order valence-electron chi connectivity index (χ4n) is 4.37. The van der Waals surface area contributed by atoms with Gasteiger partial charge in [-0.05, 0) is 49.7 Å². The molecule has 1 aliphatic heterocycles. The van der Waals surface area contributed by atoms with E-state index in [-0.39, 0.29) is 12.1 Å². The van der Waals surface area contributed by atoms with Gasteiger partial charge in [0.25, 0.3) is 0 Å². The van der Waals surface area contributed by atoms with E-state index in [9.17, 15) is 4.79 Å². The van der Waals surface area contributed by atoms with Crippen LogP contribution in [0.1, 0.15) is 31.0 Å². The summed E-state index contributed by atoms with van der Waals surface area (Å²) in [5, 5.41) is 11.0. The molecule has 2 heterocycles. The quantitative estimate of drug-likeness (QED) is 0.653. The minimum absolute atomic E-state index is 0.154. The van der Waals surface area contributed by atoms with Crippen LogP contribution in [-0.4, -0.2) is 70.8 Å². The molecule has 26 heavy (non-hydrogen) atoms. The predicted octanol–water partition coefficient (Wildman–Crippen LogP) is 1.10. The molecule has 146 valence electrons. The van der Waals surface area contributed by atoms with Gasteiger partial charge >= 0.3 is 6.03 Å². The summed E-state index contributed by atoms with van der Waals surface area (Å²) in [6.45, 7) is 3.87. The van der Waals surface area contributed by atoms with E-state index >= 15 is 0 Å². The maximum Gasteiger partial charge on any atom is 0.312 e. The van der Waals surface area contributed by atoms with E-state index in [0.29, 0.717) is 24.1 Å². The monoisotopic (exact) mass is 382 g/mol. The third-order valence-electron chi connectivity index (χ3n) is 5.63. The fraction of sp³-hybridized carbons (Fsp3) is 0.824. The van der Waals surface area contributed by atoms with Crippen molar-refractivity contribution >= 4 is 17.8 Å². The summed E-state index contributed by atoms with van der Waals surface area (Å²) in [4.78, 5) is 13.5. The number of primary amides is 1. The highest BCUT2D eigenvalue weighted by molar-refractivity contribution is 7.98. The number of ether oxygens (including phenoxy) is 1. The lowest BCUT2D eigenvalue weighted by molar-refractivity contribution is -0.00546. The lowest BCUT2D eigenvalue weighted by atomic mass is 9.77. The van der Waals surface area contributed by atoms with E-state index in [1.54, 1.807) is 7.11 Å². The average molecular weight is 383 g/mol. The van der Waals surface area contributed by atoms with Crippen LogP contribution >= 0.6 is 11.8 Å². The summed E-state index contributed by atoms with van der Waals surface area (Å²) in [6, 6.07) is -0.357. The molecule has 3 N–H and O–H groups in total. The molecule has 0 spiro atoms. The molecule has 0 bridgehead atoms. The number of carbonyl (C=O) groups is 1. The van der Waals surface area contributed by atoms with Crippen molar-refractivity contribution in [3.63, 3.8) is 0 Å². The zero-order valence-corrected chi connectivity index (χ0v) is 16.5. The van der Waals surface area contributed by atoms with Crippen molar-refractivity contribution in [2.24, 2.45) is 17.6 Å². The van der Waals surface area contributed by atoms with Crippen molar-refractivity contribution in [3.05, 3.63) is 11.9 Å². The summed E-state index contributed by atoms with van der Waals surface area (Å²) in [7, 11) is 1.79. The smallest absolute Gasteiger partial charge is 0.312 e. The Labute approximate surface area is 159 Å². The number of nitrogens with two attached hydrogens (primary N) is 1. The molecular formula is C17H30N6O2S. The van der Waals surface area contributed by atoms with Gasteiger partial charge in [0.05, 0.1) is 24.9 Å². The van der Waals surface area contributed by atoms with Crippen LogP contribution in [-0.2, 0) is 11.3 Å². The second-order valence-electron chi connectivity index (χ2n) is 7.35. The third-order valence-corrected chi connectivity index (χ3v) is 6.32. The largest absolute Gasteiger partial charge is 0.379 e. The van der Waals surface area contributed by atoms with Crippen molar-refractivity contribution in [2.45, 2.75) is 38.0 Å². The van der Waals surface area contributed by atoms with Crippen molar-refractivity contribution < 1.29 is 9.53 Å². The molecule has 2 aliphatic rings. The molecule has 0 unspecified atom stereocenters. The van der Waals surface area contributed by atoms with E-state index in [1.165, 1.54) is 31.8 Å². The number of nitrogens with zero attached hydrogens (tertiary/aromatic N) is 4. The Hall–Kier alpha value is -1.32. The molecule has 8 nitrogen and oxygen atoms in total. The summed E-state index contributed by atoms with van der Waals surface area (Å²) >= 11 is 1.92. The van der Waals surface area contributed by atoms with E-state index in [4.69, 9.17) is 10.5 Å². The van der Waals surface area contributed by atoms with Crippen LogP contribution in [0.2, 0.25) is 0 Å². The highest BCUT2D eigenvalue weighted by atomic mass is 32.2. The Bertz CT molecular complexity index is 598. The van der Waals surface area contributed by atoms with Gasteiger partial charge in [-0.25, -0.2) is 9.48 Å². The number of hydrogen-bond donors (Lipinski definition) is 2. The highest BCUT2D eigenvalue weighted by Gasteiger charge is 2.43. The second kappa shape index (κ2) is 9.05. The minimum atomic E-state index is -0.553. The number of rotatable bonds is 8. The molecule has 1 saturated carbocycles. The fourth-order valence-corrected chi connectivity index (χ4v) is 4.79. The molecule has 0 radical (unpaired) electrons. The number of methoxy groups -OCH3 is 1. The van der Waals surface area contributed by atoms with Gasteiger partial charge in [0.2, 0.25) is 0 Å². The first-order valence-corrected chi connectivity index (χ1v) is 10.7. The molecule has 2 amide bonds. The van der Waals surface area contributed by atoms with Crippen LogP contribution in [0.15, 0.2) is 6.20 Å². The molecule has 0 aromatic carbocycles. The topological polar surface area (TPSA) is 98.3 Å². The van der Waals surface area contributed by atoms with Crippen molar-refractivity contribution in [3.8, 4) is 0 Å². The molecule has 1 aromatic rings. The standard InChI is InChI=1S/C17H30N6O2S/c1-25-16-7-13-10-22(4-3-5-26-2)9-12(13)6-15(16)23-11-14(20-21-23)8-19-17(18)24/h11-13,15-16H,3-10H2,1-2H3,(H3,18,19,24)/t12-,13+,15-,16-/m1/s1. The van der Waals surface area contributed by atoms with Crippen LogP contribution in [0.25, 0.3) is 0 Å². The molecule has 1 aliphatic carbocycles. The Morgan fingerprint density at radius 2 is 2.19 bits per heavy atom.